The average Bonchev–Trinajstić information content (AvgIpc) is 2.57. The molecule has 1 atom stereocenters. The van der Waals surface area contributed by atoms with E-state index < -0.39 is 6.10 Å². The van der Waals surface area contributed by atoms with Crippen LogP contribution in [0.2, 0.25) is 0 Å². The molecule has 1 unspecified atom stereocenters. The third-order valence-corrected chi connectivity index (χ3v) is 3.09. The molecule has 0 aliphatic carbocycles. The molecule has 0 aromatic heterocycles. The highest BCUT2D eigenvalue weighted by atomic mass is 16.5. The number of rotatable bonds is 5. The van der Waals surface area contributed by atoms with E-state index in [0.29, 0.717) is 13.1 Å². The lowest BCUT2D eigenvalue weighted by Crippen LogP contribution is -2.45. The van der Waals surface area contributed by atoms with E-state index in [9.17, 15) is 4.79 Å². The van der Waals surface area contributed by atoms with Gasteiger partial charge in [-0.2, -0.15) is 0 Å². The maximum atomic E-state index is 12.0. The summed E-state index contributed by atoms with van der Waals surface area (Å²) in [5, 5.41) is 8.89. The van der Waals surface area contributed by atoms with Gasteiger partial charge in [0.15, 0.2) is 0 Å². The number of carbonyl (C=O) groups excluding carboxylic acids is 1. The van der Waals surface area contributed by atoms with Crippen LogP contribution in [0.25, 0.3) is 0 Å². The summed E-state index contributed by atoms with van der Waals surface area (Å²) in [5.41, 5.74) is 5.49. The van der Waals surface area contributed by atoms with Gasteiger partial charge in [-0.1, -0.05) is 0 Å². The van der Waals surface area contributed by atoms with Crippen LogP contribution >= 0.6 is 0 Å². The smallest absolute Gasteiger partial charge is 0.253 e. The van der Waals surface area contributed by atoms with Gasteiger partial charge < -0.3 is 20.5 Å². The van der Waals surface area contributed by atoms with Gasteiger partial charge in [-0.05, 0) is 13.0 Å². The normalized spacial score (nSPS) is 20.1. The van der Waals surface area contributed by atoms with Crippen molar-refractivity contribution in [2.75, 3.05) is 53.0 Å². The predicted octanol–water partition coefficient (Wildman–Crippen LogP) is -1.51. The van der Waals surface area contributed by atoms with Gasteiger partial charge in [0.2, 0.25) is 0 Å². The zero-order chi connectivity index (χ0) is 12.7. The summed E-state index contributed by atoms with van der Waals surface area (Å²) in [4.78, 5) is 16.0. The predicted molar refractivity (Wildman–Crippen MR) is 64.6 cm³/mol. The van der Waals surface area contributed by atoms with E-state index in [1.807, 2.05) is 0 Å². The zero-order valence-corrected chi connectivity index (χ0v) is 10.5. The molecule has 3 N–H and O–H groups in total. The standard InChI is InChI=1S/C11H23N3O3/c1-17-10(9-12)11(16)14-4-2-3-13(5-6-14)7-8-15/h10,15H,2-9,12H2,1H3. The molecule has 1 fully saturated rings. The van der Waals surface area contributed by atoms with Crippen molar-refractivity contribution in [2.45, 2.75) is 12.5 Å². The molecule has 0 bridgehead atoms. The molecule has 1 heterocycles. The molecule has 1 amide bonds. The van der Waals surface area contributed by atoms with Gasteiger partial charge in [0.05, 0.1) is 6.61 Å². The molecule has 0 aromatic carbocycles. The van der Waals surface area contributed by atoms with Crippen molar-refractivity contribution < 1.29 is 14.6 Å². The second-order valence-corrected chi connectivity index (χ2v) is 4.20. The molecule has 1 saturated heterocycles. The van der Waals surface area contributed by atoms with Crippen LogP contribution < -0.4 is 5.73 Å². The van der Waals surface area contributed by atoms with Gasteiger partial charge in [0, 0.05) is 39.8 Å². The molecule has 0 aromatic rings. The summed E-state index contributed by atoms with van der Waals surface area (Å²) < 4.78 is 5.06. The Hall–Kier alpha value is -0.690. The molecule has 100 valence electrons. The second-order valence-electron chi connectivity index (χ2n) is 4.20. The van der Waals surface area contributed by atoms with Crippen LogP contribution in [0.3, 0.4) is 0 Å². The number of hydrogen-bond donors (Lipinski definition) is 2. The summed E-state index contributed by atoms with van der Waals surface area (Å²) >= 11 is 0. The molecule has 1 aliphatic heterocycles. The monoisotopic (exact) mass is 245 g/mol. The fraction of sp³-hybridized carbons (Fsp3) is 0.909. The first kappa shape index (κ1) is 14.4. The number of β-amino-alcohol motifs (C(OH)–C–C–N with tert-alkyl or cyclic N) is 1. The largest absolute Gasteiger partial charge is 0.395 e. The van der Waals surface area contributed by atoms with Crippen molar-refractivity contribution in [3.8, 4) is 0 Å². The van der Waals surface area contributed by atoms with Crippen LogP contribution in [0.5, 0.6) is 0 Å². The van der Waals surface area contributed by atoms with Crippen LogP contribution in [-0.2, 0) is 9.53 Å². The number of carbonyl (C=O) groups is 1. The SMILES string of the molecule is COC(CN)C(=O)N1CCCN(CCO)CC1. The fourth-order valence-electron chi connectivity index (χ4n) is 2.06. The summed E-state index contributed by atoms with van der Waals surface area (Å²) in [6.07, 6.45) is 0.395. The lowest BCUT2D eigenvalue weighted by Gasteiger charge is -2.24. The Bertz CT molecular complexity index is 234. The third-order valence-electron chi connectivity index (χ3n) is 3.09. The molecule has 0 spiro atoms. The van der Waals surface area contributed by atoms with Crippen molar-refractivity contribution in [3.63, 3.8) is 0 Å². The minimum atomic E-state index is -0.528. The first-order chi connectivity index (χ1) is 8.22. The van der Waals surface area contributed by atoms with E-state index in [4.69, 9.17) is 15.6 Å². The number of aliphatic hydroxyl groups is 1. The van der Waals surface area contributed by atoms with Crippen molar-refractivity contribution in [1.29, 1.82) is 0 Å². The van der Waals surface area contributed by atoms with Crippen molar-refractivity contribution in [1.82, 2.24) is 9.80 Å². The number of methoxy groups -OCH3 is 1. The van der Waals surface area contributed by atoms with Crippen LogP contribution in [0.1, 0.15) is 6.42 Å². The number of aliphatic hydroxyl groups excluding tert-OH is 1. The maximum absolute atomic E-state index is 12.0. The Kier molecular flexibility index (Phi) is 6.43. The molecule has 0 saturated carbocycles. The summed E-state index contributed by atoms with van der Waals surface area (Å²) in [7, 11) is 1.51. The number of ether oxygens (including phenoxy) is 1. The molecule has 17 heavy (non-hydrogen) atoms. The van der Waals surface area contributed by atoms with Crippen LogP contribution in [0, 0.1) is 0 Å². The van der Waals surface area contributed by atoms with Crippen LogP contribution in [0.15, 0.2) is 0 Å². The maximum Gasteiger partial charge on any atom is 0.253 e. The van der Waals surface area contributed by atoms with E-state index in [2.05, 4.69) is 4.90 Å². The summed E-state index contributed by atoms with van der Waals surface area (Å²) in [6.45, 7) is 4.19. The third kappa shape index (κ3) is 4.23. The highest BCUT2D eigenvalue weighted by Crippen LogP contribution is 2.05. The number of nitrogens with two attached hydrogens (primary N) is 1. The fourth-order valence-corrected chi connectivity index (χ4v) is 2.06. The van der Waals surface area contributed by atoms with E-state index in [1.54, 1.807) is 4.90 Å². The minimum absolute atomic E-state index is 0.0270. The molecular weight excluding hydrogens is 222 g/mol. The Morgan fingerprint density at radius 3 is 2.76 bits per heavy atom. The highest BCUT2D eigenvalue weighted by molar-refractivity contribution is 5.81. The average molecular weight is 245 g/mol. The lowest BCUT2D eigenvalue weighted by atomic mass is 10.3. The Labute approximate surface area is 102 Å². The molecular formula is C11H23N3O3. The molecule has 0 radical (unpaired) electrons. The Morgan fingerprint density at radius 1 is 1.41 bits per heavy atom. The zero-order valence-electron chi connectivity index (χ0n) is 10.5. The molecule has 6 nitrogen and oxygen atoms in total. The number of nitrogens with zero attached hydrogens (tertiary/aromatic N) is 2. The van der Waals surface area contributed by atoms with Crippen molar-refractivity contribution >= 4 is 5.91 Å². The molecule has 1 aliphatic rings. The van der Waals surface area contributed by atoms with E-state index in [-0.39, 0.29) is 19.1 Å². The first-order valence-electron chi connectivity index (χ1n) is 6.07. The van der Waals surface area contributed by atoms with Crippen LogP contribution in [0.4, 0.5) is 0 Å². The highest BCUT2D eigenvalue weighted by Gasteiger charge is 2.24. The molecule has 6 heteroatoms. The van der Waals surface area contributed by atoms with E-state index >= 15 is 0 Å². The topological polar surface area (TPSA) is 79.0 Å². The van der Waals surface area contributed by atoms with Gasteiger partial charge in [-0.3, -0.25) is 9.69 Å². The Balaban J connectivity index is 2.47. The van der Waals surface area contributed by atoms with Gasteiger partial charge in [-0.15, -0.1) is 0 Å². The summed E-state index contributed by atoms with van der Waals surface area (Å²) in [5.74, 6) is -0.0270. The summed E-state index contributed by atoms with van der Waals surface area (Å²) in [6, 6.07) is 0. The van der Waals surface area contributed by atoms with Gasteiger partial charge in [0.1, 0.15) is 6.10 Å². The number of amides is 1. The first-order valence-corrected chi connectivity index (χ1v) is 6.07. The van der Waals surface area contributed by atoms with E-state index in [1.165, 1.54) is 7.11 Å². The van der Waals surface area contributed by atoms with Gasteiger partial charge in [-0.25, -0.2) is 0 Å². The van der Waals surface area contributed by atoms with Crippen LogP contribution in [-0.4, -0.2) is 79.9 Å². The van der Waals surface area contributed by atoms with Crippen molar-refractivity contribution in [2.24, 2.45) is 5.73 Å². The lowest BCUT2D eigenvalue weighted by molar-refractivity contribution is -0.141. The van der Waals surface area contributed by atoms with Crippen molar-refractivity contribution in [3.05, 3.63) is 0 Å². The quantitative estimate of drug-likeness (QED) is 0.615. The van der Waals surface area contributed by atoms with Gasteiger partial charge >= 0.3 is 0 Å². The van der Waals surface area contributed by atoms with Gasteiger partial charge in [0.25, 0.3) is 5.91 Å². The second kappa shape index (κ2) is 7.60. The number of hydrogen-bond acceptors (Lipinski definition) is 5. The Morgan fingerprint density at radius 2 is 2.18 bits per heavy atom. The minimum Gasteiger partial charge on any atom is -0.395 e. The van der Waals surface area contributed by atoms with E-state index in [0.717, 1.165) is 26.1 Å². The molecule has 1 rings (SSSR count).